The van der Waals surface area contributed by atoms with Crippen LogP contribution in [0, 0.1) is 0 Å². The normalized spacial score (nSPS) is 16.0. The highest BCUT2D eigenvalue weighted by molar-refractivity contribution is 5.82. The zero-order valence-electron chi connectivity index (χ0n) is 11.7. The lowest BCUT2D eigenvalue weighted by atomic mass is 9.93. The maximum atomic E-state index is 10.9. The Bertz CT molecular complexity index is 787. The number of aromatic nitrogens is 1. The van der Waals surface area contributed by atoms with Crippen molar-refractivity contribution in [3.05, 3.63) is 77.5 Å². The molecule has 1 fully saturated rings. The molecular formula is C19H17NO. The maximum Gasteiger partial charge on any atom is 0.106 e. The highest BCUT2D eigenvalue weighted by Gasteiger charge is 2.28. The molecule has 0 radical (unpaired) electrons. The molecule has 1 atom stereocenters. The quantitative estimate of drug-likeness (QED) is 0.777. The third-order valence-electron chi connectivity index (χ3n) is 4.27. The van der Waals surface area contributed by atoms with Crippen molar-refractivity contribution in [2.45, 2.75) is 24.9 Å². The molecule has 0 saturated heterocycles. The van der Waals surface area contributed by atoms with Gasteiger partial charge in [0.25, 0.3) is 0 Å². The molecule has 1 unspecified atom stereocenters. The lowest BCUT2D eigenvalue weighted by Gasteiger charge is -2.17. The number of para-hydroxylation sites is 1. The topological polar surface area (TPSA) is 33.1 Å². The van der Waals surface area contributed by atoms with E-state index in [1.807, 2.05) is 42.5 Å². The summed E-state index contributed by atoms with van der Waals surface area (Å²) in [6.45, 7) is 0. The van der Waals surface area contributed by atoms with Gasteiger partial charge in [-0.1, -0.05) is 48.5 Å². The van der Waals surface area contributed by atoms with E-state index in [1.165, 1.54) is 18.4 Å². The minimum absolute atomic E-state index is 0.611. The second-order valence-electron chi connectivity index (χ2n) is 5.73. The van der Waals surface area contributed by atoms with E-state index in [9.17, 15) is 5.11 Å². The fourth-order valence-corrected chi connectivity index (χ4v) is 3.04. The van der Waals surface area contributed by atoms with E-state index in [2.05, 4.69) is 17.1 Å². The highest BCUT2D eigenvalue weighted by Crippen LogP contribution is 2.44. The largest absolute Gasteiger partial charge is 0.384 e. The van der Waals surface area contributed by atoms with Crippen LogP contribution in [0.4, 0.5) is 0 Å². The van der Waals surface area contributed by atoms with Crippen molar-refractivity contribution < 1.29 is 5.11 Å². The van der Waals surface area contributed by atoms with Crippen LogP contribution in [0.15, 0.2) is 60.8 Å². The van der Waals surface area contributed by atoms with Crippen molar-refractivity contribution in [2.75, 3.05) is 0 Å². The van der Waals surface area contributed by atoms with Crippen molar-refractivity contribution in [3.8, 4) is 0 Å². The van der Waals surface area contributed by atoms with Gasteiger partial charge in [-0.25, -0.2) is 0 Å². The molecule has 1 heterocycles. The Morgan fingerprint density at radius 1 is 0.905 bits per heavy atom. The van der Waals surface area contributed by atoms with Crippen LogP contribution >= 0.6 is 0 Å². The average molecular weight is 275 g/mol. The number of aliphatic hydroxyl groups excluding tert-OH is 1. The van der Waals surface area contributed by atoms with Gasteiger partial charge in [0.2, 0.25) is 0 Å². The van der Waals surface area contributed by atoms with Crippen molar-refractivity contribution in [1.82, 2.24) is 4.98 Å². The Morgan fingerprint density at radius 2 is 1.67 bits per heavy atom. The number of nitrogens with zero attached hydrogens (tertiary/aromatic N) is 1. The number of aliphatic hydroxyl groups is 1. The van der Waals surface area contributed by atoms with Gasteiger partial charge in [0.1, 0.15) is 6.10 Å². The van der Waals surface area contributed by atoms with Crippen molar-refractivity contribution in [2.24, 2.45) is 0 Å². The molecule has 1 aliphatic rings. The van der Waals surface area contributed by atoms with Crippen LogP contribution in [-0.4, -0.2) is 10.1 Å². The molecule has 2 heteroatoms. The van der Waals surface area contributed by atoms with Crippen molar-refractivity contribution in [3.63, 3.8) is 0 Å². The standard InChI is InChI=1S/C19H17NO/c21-19(16-8-2-1-7-15(16)13-10-11-13)17-9-3-5-14-6-4-12-20-18(14)17/h1-9,12-13,19,21H,10-11H2. The third-order valence-corrected chi connectivity index (χ3v) is 4.27. The summed E-state index contributed by atoms with van der Waals surface area (Å²) in [7, 11) is 0. The van der Waals surface area contributed by atoms with Gasteiger partial charge in [-0.15, -0.1) is 0 Å². The molecule has 1 N–H and O–H groups in total. The minimum Gasteiger partial charge on any atom is -0.384 e. The summed E-state index contributed by atoms with van der Waals surface area (Å²) >= 11 is 0. The molecular weight excluding hydrogens is 258 g/mol. The summed E-state index contributed by atoms with van der Waals surface area (Å²) in [5, 5.41) is 12.0. The fourth-order valence-electron chi connectivity index (χ4n) is 3.04. The van der Waals surface area contributed by atoms with Crippen LogP contribution in [0.2, 0.25) is 0 Å². The van der Waals surface area contributed by atoms with Crippen molar-refractivity contribution in [1.29, 1.82) is 0 Å². The second kappa shape index (κ2) is 4.97. The minimum atomic E-state index is -0.611. The van der Waals surface area contributed by atoms with E-state index >= 15 is 0 Å². The molecule has 104 valence electrons. The van der Waals surface area contributed by atoms with Crippen molar-refractivity contribution >= 4 is 10.9 Å². The first-order valence-electron chi connectivity index (χ1n) is 7.45. The zero-order chi connectivity index (χ0) is 14.2. The molecule has 1 aromatic heterocycles. The van der Waals surface area contributed by atoms with E-state index < -0.39 is 6.10 Å². The first-order chi connectivity index (χ1) is 10.3. The number of benzene rings is 2. The number of pyridine rings is 1. The second-order valence-corrected chi connectivity index (χ2v) is 5.73. The predicted octanol–water partition coefficient (Wildman–Crippen LogP) is 4.19. The summed E-state index contributed by atoms with van der Waals surface area (Å²) in [4.78, 5) is 4.46. The summed E-state index contributed by atoms with van der Waals surface area (Å²) < 4.78 is 0. The Morgan fingerprint density at radius 3 is 2.52 bits per heavy atom. The number of hydrogen-bond acceptors (Lipinski definition) is 2. The molecule has 3 aromatic rings. The first kappa shape index (κ1) is 12.5. The third kappa shape index (κ3) is 2.22. The smallest absolute Gasteiger partial charge is 0.106 e. The Kier molecular flexibility index (Phi) is 2.97. The van der Waals surface area contributed by atoms with Crippen LogP contribution < -0.4 is 0 Å². The molecule has 0 aliphatic heterocycles. The molecule has 0 bridgehead atoms. The van der Waals surface area contributed by atoms with E-state index in [0.29, 0.717) is 5.92 Å². The summed E-state index contributed by atoms with van der Waals surface area (Å²) in [6, 6.07) is 18.2. The zero-order valence-corrected chi connectivity index (χ0v) is 11.7. The lowest BCUT2D eigenvalue weighted by Crippen LogP contribution is -2.04. The predicted molar refractivity (Wildman–Crippen MR) is 84.2 cm³/mol. The van der Waals surface area contributed by atoms with Crippen LogP contribution in [-0.2, 0) is 0 Å². The molecule has 4 rings (SSSR count). The van der Waals surface area contributed by atoms with Gasteiger partial charge in [0.15, 0.2) is 0 Å². The van der Waals surface area contributed by atoms with Crippen LogP contribution in [0.1, 0.15) is 41.6 Å². The summed E-state index contributed by atoms with van der Waals surface area (Å²) in [6.07, 6.45) is 3.64. The highest BCUT2D eigenvalue weighted by atomic mass is 16.3. The molecule has 1 aliphatic carbocycles. The van der Waals surface area contributed by atoms with Gasteiger partial charge in [-0.05, 0) is 36.0 Å². The molecule has 0 spiro atoms. The molecule has 2 nitrogen and oxygen atoms in total. The Hall–Kier alpha value is -2.19. The van der Waals surface area contributed by atoms with E-state index in [0.717, 1.165) is 22.0 Å². The molecule has 21 heavy (non-hydrogen) atoms. The van der Waals surface area contributed by atoms with E-state index in [1.54, 1.807) is 6.20 Å². The number of fused-ring (bicyclic) bond motifs is 1. The van der Waals surface area contributed by atoms with Gasteiger partial charge in [-0.2, -0.15) is 0 Å². The summed E-state index contributed by atoms with van der Waals surface area (Å²) in [5.41, 5.74) is 4.09. The van der Waals surface area contributed by atoms with Gasteiger partial charge < -0.3 is 5.11 Å². The van der Waals surface area contributed by atoms with Crippen LogP contribution in [0.25, 0.3) is 10.9 Å². The number of rotatable bonds is 3. The van der Waals surface area contributed by atoms with Gasteiger partial charge in [0, 0.05) is 17.1 Å². The molecule has 1 saturated carbocycles. The number of hydrogen-bond donors (Lipinski definition) is 1. The van der Waals surface area contributed by atoms with Gasteiger partial charge in [-0.3, -0.25) is 4.98 Å². The monoisotopic (exact) mass is 275 g/mol. The van der Waals surface area contributed by atoms with E-state index in [-0.39, 0.29) is 0 Å². The van der Waals surface area contributed by atoms with E-state index in [4.69, 9.17) is 0 Å². The fraction of sp³-hybridized carbons (Fsp3) is 0.211. The van der Waals surface area contributed by atoms with Gasteiger partial charge >= 0.3 is 0 Å². The van der Waals surface area contributed by atoms with Crippen LogP contribution in [0.3, 0.4) is 0 Å². The summed E-state index contributed by atoms with van der Waals surface area (Å²) in [5.74, 6) is 0.624. The Labute approximate surface area is 124 Å². The molecule has 2 aromatic carbocycles. The molecule has 0 amide bonds. The van der Waals surface area contributed by atoms with Gasteiger partial charge in [0.05, 0.1) is 5.52 Å². The maximum absolute atomic E-state index is 10.9. The first-order valence-corrected chi connectivity index (χ1v) is 7.45. The lowest BCUT2D eigenvalue weighted by molar-refractivity contribution is 0.220. The van der Waals surface area contributed by atoms with Crippen LogP contribution in [0.5, 0.6) is 0 Å². The SMILES string of the molecule is OC(c1ccccc1C1CC1)c1cccc2cccnc12. The Balaban J connectivity index is 1.85. The average Bonchev–Trinajstić information content (AvgIpc) is 3.38.